The zero-order valence-corrected chi connectivity index (χ0v) is 12.0. The molecule has 0 aliphatic carbocycles. The fraction of sp³-hybridized carbons (Fsp3) is 0.588. The molecule has 0 aliphatic rings. The molecule has 0 amide bonds. The van der Waals surface area contributed by atoms with E-state index in [-0.39, 0.29) is 0 Å². The molecule has 0 radical (unpaired) electrons. The van der Waals surface area contributed by atoms with Crippen molar-refractivity contribution in [1.82, 2.24) is 0 Å². The highest BCUT2D eigenvalue weighted by molar-refractivity contribution is 5.66. The standard InChI is InChI=1S/C17H26O2/c1-15-11-13-16(14-12-15)9-7-5-3-2-4-6-8-10-17(18)19/h11-14H,2-10H2,1H3,(H,18,19). The molecule has 0 heterocycles. The molecule has 0 aromatic heterocycles. The highest BCUT2D eigenvalue weighted by atomic mass is 16.4. The first-order chi connectivity index (χ1) is 9.18. The lowest BCUT2D eigenvalue weighted by Crippen LogP contribution is -1.93. The minimum absolute atomic E-state index is 0.327. The number of carbonyl (C=O) groups is 1. The van der Waals surface area contributed by atoms with Crippen molar-refractivity contribution in [2.24, 2.45) is 0 Å². The maximum absolute atomic E-state index is 10.3. The van der Waals surface area contributed by atoms with E-state index >= 15 is 0 Å². The molecule has 0 unspecified atom stereocenters. The van der Waals surface area contributed by atoms with Crippen LogP contribution in [-0.2, 0) is 11.2 Å². The molecule has 0 atom stereocenters. The van der Waals surface area contributed by atoms with Crippen LogP contribution in [0, 0.1) is 6.92 Å². The summed E-state index contributed by atoms with van der Waals surface area (Å²) in [7, 11) is 0. The SMILES string of the molecule is Cc1ccc(CCCCCCCCCC(=O)O)cc1. The van der Waals surface area contributed by atoms with Crippen molar-refractivity contribution in [2.45, 2.75) is 64.7 Å². The van der Waals surface area contributed by atoms with Crippen LogP contribution in [0.2, 0.25) is 0 Å². The van der Waals surface area contributed by atoms with E-state index in [2.05, 4.69) is 31.2 Å². The summed E-state index contributed by atoms with van der Waals surface area (Å²) in [6.45, 7) is 2.12. The van der Waals surface area contributed by atoms with Gasteiger partial charge in [-0.25, -0.2) is 0 Å². The number of hydrogen-bond donors (Lipinski definition) is 1. The first kappa shape index (κ1) is 15.7. The van der Waals surface area contributed by atoms with Crippen molar-refractivity contribution in [1.29, 1.82) is 0 Å². The molecule has 1 aromatic rings. The molecule has 1 rings (SSSR count). The lowest BCUT2D eigenvalue weighted by molar-refractivity contribution is -0.137. The van der Waals surface area contributed by atoms with Crippen LogP contribution in [0.15, 0.2) is 24.3 Å². The van der Waals surface area contributed by atoms with Crippen LogP contribution in [-0.4, -0.2) is 11.1 Å². The molecule has 0 saturated heterocycles. The number of benzene rings is 1. The Bertz CT molecular complexity index is 354. The topological polar surface area (TPSA) is 37.3 Å². The first-order valence-corrected chi connectivity index (χ1v) is 7.46. The van der Waals surface area contributed by atoms with E-state index in [0.29, 0.717) is 6.42 Å². The summed E-state index contributed by atoms with van der Waals surface area (Å²) < 4.78 is 0. The molecular formula is C17H26O2. The summed E-state index contributed by atoms with van der Waals surface area (Å²) >= 11 is 0. The monoisotopic (exact) mass is 262 g/mol. The number of rotatable bonds is 10. The van der Waals surface area contributed by atoms with Crippen LogP contribution in [0.1, 0.15) is 62.5 Å². The largest absolute Gasteiger partial charge is 0.481 e. The summed E-state index contributed by atoms with van der Waals surface area (Å²) in [4.78, 5) is 10.3. The molecule has 0 fully saturated rings. The van der Waals surface area contributed by atoms with Crippen molar-refractivity contribution in [3.05, 3.63) is 35.4 Å². The third-order valence-corrected chi connectivity index (χ3v) is 3.48. The van der Waals surface area contributed by atoms with Gasteiger partial charge in [0.2, 0.25) is 0 Å². The molecule has 19 heavy (non-hydrogen) atoms. The number of aryl methyl sites for hydroxylation is 2. The van der Waals surface area contributed by atoms with E-state index in [9.17, 15) is 4.79 Å². The quantitative estimate of drug-likeness (QED) is 0.618. The van der Waals surface area contributed by atoms with Gasteiger partial charge in [0.25, 0.3) is 0 Å². The van der Waals surface area contributed by atoms with E-state index in [4.69, 9.17) is 5.11 Å². The highest BCUT2D eigenvalue weighted by Gasteiger charge is 1.97. The van der Waals surface area contributed by atoms with Gasteiger partial charge in [-0.05, 0) is 31.7 Å². The van der Waals surface area contributed by atoms with Crippen molar-refractivity contribution >= 4 is 5.97 Å². The minimum Gasteiger partial charge on any atom is -0.481 e. The van der Waals surface area contributed by atoms with Crippen molar-refractivity contribution in [3.8, 4) is 0 Å². The van der Waals surface area contributed by atoms with Gasteiger partial charge < -0.3 is 5.11 Å². The summed E-state index contributed by atoms with van der Waals surface area (Å²) in [5.41, 5.74) is 2.76. The second kappa shape index (κ2) is 9.60. The van der Waals surface area contributed by atoms with Crippen LogP contribution < -0.4 is 0 Å². The smallest absolute Gasteiger partial charge is 0.303 e. The van der Waals surface area contributed by atoms with Crippen LogP contribution >= 0.6 is 0 Å². The van der Waals surface area contributed by atoms with Crippen molar-refractivity contribution in [3.63, 3.8) is 0 Å². The normalized spacial score (nSPS) is 10.6. The highest BCUT2D eigenvalue weighted by Crippen LogP contribution is 2.12. The summed E-state index contributed by atoms with van der Waals surface area (Å²) in [6, 6.07) is 8.80. The Labute approximate surface area is 116 Å². The Morgan fingerprint density at radius 2 is 1.42 bits per heavy atom. The molecule has 0 saturated carbocycles. The molecular weight excluding hydrogens is 236 g/mol. The molecule has 0 bridgehead atoms. The van der Waals surface area contributed by atoms with E-state index in [0.717, 1.165) is 12.8 Å². The Morgan fingerprint density at radius 1 is 0.895 bits per heavy atom. The average Bonchev–Trinajstić information content (AvgIpc) is 2.38. The number of hydrogen-bond acceptors (Lipinski definition) is 1. The first-order valence-electron chi connectivity index (χ1n) is 7.46. The van der Waals surface area contributed by atoms with Gasteiger partial charge in [-0.3, -0.25) is 4.79 Å². The number of carboxylic acid groups (broad SMARTS) is 1. The lowest BCUT2D eigenvalue weighted by atomic mass is 10.0. The molecule has 0 aliphatic heterocycles. The molecule has 0 spiro atoms. The van der Waals surface area contributed by atoms with E-state index in [1.165, 1.54) is 49.7 Å². The molecule has 2 heteroatoms. The van der Waals surface area contributed by atoms with Crippen LogP contribution in [0.25, 0.3) is 0 Å². The third kappa shape index (κ3) is 8.41. The van der Waals surface area contributed by atoms with E-state index in [1.54, 1.807) is 0 Å². The molecule has 2 nitrogen and oxygen atoms in total. The number of aliphatic carboxylic acids is 1. The summed E-state index contributed by atoms with van der Waals surface area (Å²) in [5.74, 6) is -0.668. The number of unbranched alkanes of at least 4 members (excludes halogenated alkanes) is 6. The van der Waals surface area contributed by atoms with Gasteiger partial charge in [0.05, 0.1) is 0 Å². The second-order valence-corrected chi connectivity index (χ2v) is 5.35. The predicted octanol–water partition coefficient (Wildman–Crippen LogP) is 4.74. The zero-order chi connectivity index (χ0) is 13.9. The fourth-order valence-corrected chi connectivity index (χ4v) is 2.24. The van der Waals surface area contributed by atoms with Gasteiger partial charge in [0, 0.05) is 6.42 Å². The van der Waals surface area contributed by atoms with Gasteiger partial charge in [-0.1, -0.05) is 61.9 Å². The Kier molecular flexibility index (Phi) is 7.95. The summed E-state index contributed by atoms with van der Waals surface area (Å²) in [6.07, 6.45) is 9.64. The Morgan fingerprint density at radius 3 is 2.00 bits per heavy atom. The van der Waals surface area contributed by atoms with Gasteiger partial charge in [0.1, 0.15) is 0 Å². The Hall–Kier alpha value is -1.31. The molecule has 106 valence electrons. The van der Waals surface area contributed by atoms with E-state index < -0.39 is 5.97 Å². The van der Waals surface area contributed by atoms with Crippen molar-refractivity contribution in [2.75, 3.05) is 0 Å². The van der Waals surface area contributed by atoms with Crippen LogP contribution in [0.4, 0.5) is 0 Å². The Balaban J connectivity index is 1.91. The van der Waals surface area contributed by atoms with Gasteiger partial charge >= 0.3 is 5.97 Å². The predicted molar refractivity (Wildman–Crippen MR) is 79.5 cm³/mol. The minimum atomic E-state index is -0.668. The van der Waals surface area contributed by atoms with Crippen LogP contribution in [0.5, 0.6) is 0 Å². The average molecular weight is 262 g/mol. The lowest BCUT2D eigenvalue weighted by Gasteiger charge is -2.03. The molecule has 1 aromatic carbocycles. The van der Waals surface area contributed by atoms with E-state index in [1.807, 2.05) is 0 Å². The third-order valence-electron chi connectivity index (χ3n) is 3.48. The van der Waals surface area contributed by atoms with Crippen molar-refractivity contribution < 1.29 is 9.90 Å². The molecule has 1 N–H and O–H groups in total. The van der Waals surface area contributed by atoms with Gasteiger partial charge in [0.15, 0.2) is 0 Å². The fourth-order valence-electron chi connectivity index (χ4n) is 2.24. The zero-order valence-electron chi connectivity index (χ0n) is 12.0. The number of carboxylic acids is 1. The maximum atomic E-state index is 10.3. The maximum Gasteiger partial charge on any atom is 0.303 e. The summed E-state index contributed by atoms with van der Waals surface area (Å²) in [5, 5.41) is 8.51. The van der Waals surface area contributed by atoms with Gasteiger partial charge in [-0.2, -0.15) is 0 Å². The van der Waals surface area contributed by atoms with Crippen LogP contribution in [0.3, 0.4) is 0 Å². The second-order valence-electron chi connectivity index (χ2n) is 5.35. The van der Waals surface area contributed by atoms with Gasteiger partial charge in [-0.15, -0.1) is 0 Å².